The van der Waals surface area contributed by atoms with E-state index in [0.717, 1.165) is 5.56 Å². The van der Waals surface area contributed by atoms with Crippen LogP contribution in [0.3, 0.4) is 0 Å². The first kappa shape index (κ1) is 16.2. The third-order valence-corrected chi connectivity index (χ3v) is 3.05. The molecule has 0 aliphatic carbocycles. The Morgan fingerprint density at radius 2 is 1.90 bits per heavy atom. The fraction of sp³-hybridized carbons (Fsp3) is 0.467. The summed E-state index contributed by atoms with van der Waals surface area (Å²) in [7, 11) is 1.54. The molecule has 1 aromatic carbocycles. The Morgan fingerprint density at radius 1 is 1.30 bits per heavy atom. The van der Waals surface area contributed by atoms with Crippen molar-refractivity contribution in [2.24, 2.45) is 0 Å². The molecule has 20 heavy (non-hydrogen) atoms. The SMILES string of the molecule is COC(C)(C)CC(=O)NC(CC(=O)O)c1ccccc1. The average molecular weight is 279 g/mol. The zero-order valence-electron chi connectivity index (χ0n) is 12.1. The number of ether oxygens (including phenoxy) is 1. The molecule has 0 spiro atoms. The lowest BCUT2D eigenvalue weighted by Crippen LogP contribution is -2.36. The smallest absolute Gasteiger partial charge is 0.305 e. The molecule has 5 nitrogen and oxygen atoms in total. The molecule has 0 saturated carbocycles. The maximum atomic E-state index is 12.0. The van der Waals surface area contributed by atoms with Crippen molar-refractivity contribution in [1.82, 2.24) is 5.32 Å². The van der Waals surface area contributed by atoms with E-state index in [-0.39, 0.29) is 18.7 Å². The number of carbonyl (C=O) groups excluding carboxylic acids is 1. The minimum absolute atomic E-state index is 0.150. The van der Waals surface area contributed by atoms with Crippen molar-refractivity contribution >= 4 is 11.9 Å². The largest absolute Gasteiger partial charge is 0.481 e. The van der Waals surface area contributed by atoms with E-state index in [9.17, 15) is 9.59 Å². The number of amides is 1. The second-order valence-electron chi connectivity index (χ2n) is 5.27. The van der Waals surface area contributed by atoms with E-state index in [1.165, 1.54) is 0 Å². The summed E-state index contributed by atoms with van der Waals surface area (Å²) >= 11 is 0. The number of nitrogens with one attached hydrogen (secondary N) is 1. The minimum Gasteiger partial charge on any atom is -0.481 e. The predicted molar refractivity (Wildman–Crippen MR) is 75.3 cm³/mol. The van der Waals surface area contributed by atoms with Gasteiger partial charge in [-0.3, -0.25) is 9.59 Å². The predicted octanol–water partition coefficient (Wildman–Crippen LogP) is 2.13. The molecule has 0 saturated heterocycles. The van der Waals surface area contributed by atoms with Crippen LogP contribution < -0.4 is 5.32 Å². The van der Waals surface area contributed by atoms with Gasteiger partial charge < -0.3 is 15.2 Å². The van der Waals surface area contributed by atoms with Gasteiger partial charge in [0.1, 0.15) is 0 Å². The van der Waals surface area contributed by atoms with Gasteiger partial charge in [0.05, 0.1) is 24.5 Å². The number of carbonyl (C=O) groups is 2. The Balaban J connectivity index is 2.76. The second kappa shape index (κ2) is 7.05. The third-order valence-electron chi connectivity index (χ3n) is 3.05. The molecular formula is C15H21NO4. The van der Waals surface area contributed by atoms with Gasteiger partial charge in [-0.1, -0.05) is 30.3 Å². The van der Waals surface area contributed by atoms with Crippen molar-refractivity contribution < 1.29 is 19.4 Å². The van der Waals surface area contributed by atoms with E-state index in [0.29, 0.717) is 0 Å². The Kier molecular flexibility index (Phi) is 5.70. The fourth-order valence-electron chi connectivity index (χ4n) is 1.82. The molecule has 1 rings (SSSR count). The van der Waals surface area contributed by atoms with Crippen LogP contribution in [0.1, 0.15) is 38.3 Å². The minimum atomic E-state index is -0.954. The Labute approximate surface area is 118 Å². The monoisotopic (exact) mass is 279 g/mol. The topological polar surface area (TPSA) is 75.6 Å². The van der Waals surface area contributed by atoms with Crippen molar-refractivity contribution in [1.29, 1.82) is 0 Å². The molecule has 0 aliphatic rings. The first-order valence-corrected chi connectivity index (χ1v) is 6.45. The summed E-state index contributed by atoms with van der Waals surface area (Å²) in [6.07, 6.45) is 0.0234. The van der Waals surface area contributed by atoms with Crippen LogP contribution in [-0.4, -0.2) is 29.7 Å². The number of aliphatic carboxylic acids is 1. The average Bonchev–Trinajstić information content (AvgIpc) is 2.38. The number of hydrogen-bond acceptors (Lipinski definition) is 3. The van der Waals surface area contributed by atoms with Crippen LogP contribution in [0.5, 0.6) is 0 Å². The van der Waals surface area contributed by atoms with Gasteiger partial charge in [0.2, 0.25) is 5.91 Å². The Morgan fingerprint density at radius 3 is 2.40 bits per heavy atom. The van der Waals surface area contributed by atoms with E-state index in [1.54, 1.807) is 33.1 Å². The van der Waals surface area contributed by atoms with E-state index in [1.807, 2.05) is 18.2 Å². The van der Waals surface area contributed by atoms with Crippen molar-refractivity contribution in [2.45, 2.75) is 38.3 Å². The highest BCUT2D eigenvalue weighted by Crippen LogP contribution is 2.19. The summed E-state index contributed by atoms with van der Waals surface area (Å²) in [5, 5.41) is 11.7. The number of methoxy groups -OCH3 is 1. The fourth-order valence-corrected chi connectivity index (χ4v) is 1.82. The highest BCUT2D eigenvalue weighted by Gasteiger charge is 2.24. The maximum Gasteiger partial charge on any atom is 0.305 e. The van der Waals surface area contributed by atoms with Crippen LogP contribution in [0, 0.1) is 0 Å². The van der Waals surface area contributed by atoms with Gasteiger partial charge in [-0.05, 0) is 19.4 Å². The normalized spacial score (nSPS) is 12.8. The highest BCUT2D eigenvalue weighted by atomic mass is 16.5. The third kappa shape index (κ3) is 5.40. The molecule has 1 aromatic rings. The summed E-state index contributed by atoms with van der Waals surface area (Å²) in [5.74, 6) is -1.18. The van der Waals surface area contributed by atoms with Gasteiger partial charge in [-0.2, -0.15) is 0 Å². The van der Waals surface area contributed by atoms with Crippen LogP contribution in [0.2, 0.25) is 0 Å². The maximum absolute atomic E-state index is 12.0. The molecule has 0 aliphatic heterocycles. The summed E-state index contributed by atoms with van der Waals surface area (Å²) < 4.78 is 5.20. The van der Waals surface area contributed by atoms with E-state index in [2.05, 4.69) is 5.32 Å². The lowest BCUT2D eigenvalue weighted by Gasteiger charge is -2.24. The van der Waals surface area contributed by atoms with Gasteiger partial charge in [0.15, 0.2) is 0 Å². The van der Waals surface area contributed by atoms with Gasteiger partial charge in [-0.15, -0.1) is 0 Å². The van der Waals surface area contributed by atoms with Crippen LogP contribution in [-0.2, 0) is 14.3 Å². The van der Waals surface area contributed by atoms with Gasteiger partial charge in [0.25, 0.3) is 0 Å². The van der Waals surface area contributed by atoms with Crippen LogP contribution >= 0.6 is 0 Å². The molecule has 0 heterocycles. The molecular weight excluding hydrogens is 258 g/mol. The van der Waals surface area contributed by atoms with Crippen molar-refractivity contribution in [3.63, 3.8) is 0 Å². The highest BCUT2D eigenvalue weighted by molar-refractivity contribution is 5.78. The molecule has 0 aromatic heterocycles. The van der Waals surface area contributed by atoms with E-state index in [4.69, 9.17) is 9.84 Å². The molecule has 1 atom stereocenters. The Bertz CT molecular complexity index is 456. The molecule has 1 unspecified atom stereocenters. The van der Waals surface area contributed by atoms with Crippen LogP contribution in [0.4, 0.5) is 0 Å². The first-order chi connectivity index (χ1) is 9.34. The molecule has 2 N–H and O–H groups in total. The van der Waals surface area contributed by atoms with Crippen molar-refractivity contribution in [2.75, 3.05) is 7.11 Å². The molecule has 0 fully saturated rings. The molecule has 5 heteroatoms. The number of hydrogen-bond donors (Lipinski definition) is 2. The van der Waals surface area contributed by atoms with Gasteiger partial charge >= 0.3 is 5.97 Å². The number of benzene rings is 1. The summed E-state index contributed by atoms with van der Waals surface area (Å²) in [6.45, 7) is 3.61. The van der Waals surface area contributed by atoms with Gasteiger partial charge in [-0.25, -0.2) is 0 Å². The molecule has 0 radical (unpaired) electrons. The number of carboxylic acid groups (broad SMARTS) is 1. The molecule has 0 bridgehead atoms. The Hall–Kier alpha value is -1.88. The van der Waals surface area contributed by atoms with Crippen LogP contribution in [0.25, 0.3) is 0 Å². The van der Waals surface area contributed by atoms with E-state index >= 15 is 0 Å². The molecule has 1 amide bonds. The quantitative estimate of drug-likeness (QED) is 0.801. The zero-order valence-corrected chi connectivity index (χ0v) is 12.1. The summed E-state index contributed by atoms with van der Waals surface area (Å²) in [5.41, 5.74) is 0.202. The summed E-state index contributed by atoms with van der Waals surface area (Å²) in [6, 6.07) is 8.54. The second-order valence-corrected chi connectivity index (χ2v) is 5.27. The van der Waals surface area contributed by atoms with Crippen molar-refractivity contribution in [3.05, 3.63) is 35.9 Å². The van der Waals surface area contributed by atoms with Gasteiger partial charge in [0, 0.05) is 7.11 Å². The molecule has 110 valence electrons. The van der Waals surface area contributed by atoms with Crippen LogP contribution in [0.15, 0.2) is 30.3 Å². The first-order valence-electron chi connectivity index (χ1n) is 6.45. The number of carboxylic acids is 1. The van der Waals surface area contributed by atoms with Crippen molar-refractivity contribution in [3.8, 4) is 0 Å². The van der Waals surface area contributed by atoms with E-state index < -0.39 is 17.6 Å². The zero-order chi connectivity index (χ0) is 15.2. The lowest BCUT2D eigenvalue weighted by atomic mass is 10.0. The summed E-state index contributed by atoms with van der Waals surface area (Å²) in [4.78, 5) is 22.9. The lowest BCUT2D eigenvalue weighted by molar-refractivity contribution is -0.137. The standard InChI is InChI=1S/C15H21NO4/c1-15(2,20-3)10-13(17)16-12(9-14(18)19)11-7-5-4-6-8-11/h4-8,12H,9-10H2,1-3H3,(H,16,17)(H,18,19). The number of rotatable bonds is 7.